The molecule has 0 amide bonds. The summed E-state index contributed by atoms with van der Waals surface area (Å²) in [5.41, 5.74) is 0. The van der Waals surface area contributed by atoms with Crippen LogP contribution in [0.3, 0.4) is 0 Å². The van der Waals surface area contributed by atoms with Gasteiger partial charge in [0.2, 0.25) is 0 Å². The number of carbonyl (C=O) groups excluding carboxylic acids is 4. The van der Waals surface area contributed by atoms with E-state index in [0.29, 0.717) is 25.7 Å². The summed E-state index contributed by atoms with van der Waals surface area (Å²) in [6, 6.07) is 0. The van der Waals surface area contributed by atoms with Crippen molar-refractivity contribution < 1.29 is 80.2 Å². The third kappa shape index (κ3) is 62.6. The predicted octanol–water partition coefficient (Wildman–Crippen LogP) is 19.5. The van der Waals surface area contributed by atoms with Gasteiger partial charge in [0.05, 0.1) is 26.4 Å². The molecule has 0 radical (unpaired) electrons. The van der Waals surface area contributed by atoms with Gasteiger partial charge in [0.1, 0.15) is 19.3 Å². The maximum atomic E-state index is 13.0. The molecule has 0 bridgehead atoms. The molecule has 0 heterocycles. The van der Waals surface area contributed by atoms with Gasteiger partial charge in [-0.2, -0.15) is 0 Å². The van der Waals surface area contributed by atoms with E-state index in [1.54, 1.807) is 0 Å². The Morgan fingerprint density at radius 1 is 0.276 bits per heavy atom. The van der Waals surface area contributed by atoms with Crippen LogP contribution in [0.25, 0.3) is 0 Å². The van der Waals surface area contributed by atoms with Gasteiger partial charge in [-0.25, -0.2) is 9.13 Å². The Labute approximate surface area is 530 Å². The van der Waals surface area contributed by atoms with Crippen LogP contribution >= 0.6 is 15.6 Å². The Balaban J connectivity index is 5.12. The summed E-state index contributed by atoms with van der Waals surface area (Å²) in [7, 11) is -9.88. The molecule has 5 atom stereocenters. The Morgan fingerprint density at radius 3 is 0.678 bits per heavy atom. The summed E-state index contributed by atoms with van der Waals surface area (Å²) in [5, 5.41) is 10.5. The van der Waals surface area contributed by atoms with Crippen LogP contribution in [0.2, 0.25) is 0 Å². The number of aliphatic hydroxyl groups is 1. The second-order valence-electron chi connectivity index (χ2n) is 24.6. The standard InChI is InChI=1S/C68H132O17P2/c1-5-9-13-17-20-23-25-27-29-31-33-35-37-39-42-45-49-53-66(71)79-59-64(85-68(73)55-51-47-43-40-38-36-34-32-30-28-26-24-21-18-14-10-6-2)61-83-87(76,77)81-57-62(69)56-80-86(74,75)82-60-63(58-78-65(70)52-48-44-16-12-8-4)84-67(72)54-50-46-41-22-19-15-11-7-3/h62-64,69H,5-61H2,1-4H3,(H,74,75)(H,76,77)/t62-,63+,64+/m0/s1. The van der Waals surface area contributed by atoms with Crippen molar-refractivity contribution in [3.63, 3.8) is 0 Å². The predicted molar refractivity (Wildman–Crippen MR) is 349 cm³/mol. The number of phosphoric ester groups is 2. The molecular weight excluding hydrogens is 1150 g/mol. The molecule has 0 aromatic carbocycles. The summed E-state index contributed by atoms with van der Waals surface area (Å²) in [4.78, 5) is 72.1. The van der Waals surface area contributed by atoms with Crippen LogP contribution in [0, 0.1) is 0 Å². The van der Waals surface area contributed by atoms with Crippen LogP contribution in [0.1, 0.15) is 355 Å². The molecule has 2 unspecified atom stereocenters. The normalized spacial score (nSPS) is 14.1. The maximum Gasteiger partial charge on any atom is 0.472 e. The third-order valence-electron chi connectivity index (χ3n) is 15.9. The van der Waals surface area contributed by atoms with Crippen LogP contribution in [0.15, 0.2) is 0 Å². The Bertz CT molecular complexity index is 1670. The zero-order chi connectivity index (χ0) is 64.0. The molecule has 0 fully saturated rings. The lowest BCUT2D eigenvalue weighted by atomic mass is 10.0. The first-order valence-corrected chi connectivity index (χ1v) is 38.8. The molecule has 0 aliphatic carbocycles. The van der Waals surface area contributed by atoms with E-state index < -0.39 is 97.5 Å². The van der Waals surface area contributed by atoms with Crippen molar-refractivity contribution in [2.45, 2.75) is 373 Å². The molecule has 17 nitrogen and oxygen atoms in total. The molecule has 0 saturated carbocycles. The van der Waals surface area contributed by atoms with E-state index in [9.17, 15) is 43.2 Å². The lowest BCUT2D eigenvalue weighted by Crippen LogP contribution is -2.30. The van der Waals surface area contributed by atoms with Gasteiger partial charge >= 0.3 is 39.5 Å². The number of hydrogen-bond acceptors (Lipinski definition) is 15. The first kappa shape index (κ1) is 85.1. The van der Waals surface area contributed by atoms with Crippen LogP contribution < -0.4 is 0 Å². The van der Waals surface area contributed by atoms with Crippen molar-refractivity contribution in [2.24, 2.45) is 0 Å². The van der Waals surface area contributed by atoms with Crippen molar-refractivity contribution in [3.05, 3.63) is 0 Å². The monoisotopic (exact) mass is 1280 g/mol. The van der Waals surface area contributed by atoms with Crippen molar-refractivity contribution in [1.82, 2.24) is 0 Å². The van der Waals surface area contributed by atoms with E-state index >= 15 is 0 Å². The van der Waals surface area contributed by atoms with Crippen molar-refractivity contribution >= 4 is 39.5 Å². The number of carbonyl (C=O) groups is 4. The molecule has 0 aliphatic heterocycles. The fourth-order valence-corrected chi connectivity index (χ4v) is 11.9. The number of unbranched alkanes of at least 4 members (excludes halogenated alkanes) is 43. The summed E-state index contributed by atoms with van der Waals surface area (Å²) < 4.78 is 67.9. The van der Waals surface area contributed by atoms with Gasteiger partial charge in [0, 0.05) is 25.7 Å². The van der Waals surface area contributed by atoms with Gasteiger partial charge in [0.25, 0.3) is 0 Å². The van der Waals surface area contributed by atoms with Gasteiger partial charge in [-0.15, -0.1) is 0 Å². The number of hydrogen-bond donors (Lipinski definition) is 3. The van der Waals surface area contributed by atoms with E-state index in [4.69, 9.17) is 37.0 Å². The molecule has 0 rings (SSSR count). The van der Waals surface area contributed by atoms with Crippen LogP contribution in [-0.2, 0) is 65.4 Å². The molecule has 0 aromatic rings. The maximum absolute atomic E-state index is 13.0. The third-order valence-corrected chi connectivity index (χ3v) is 17.8. The van der Waals surface area contributed by atoms with Gasteiger partial charge < -0.3 is 33.8 Å². The van der Waals surface area contributed by atoms with E-state index in [2.05, 4.69) is 27.7 Å². The lowest BCUT2D eigenvalue weighted by molar-refractivity contribution is -0.161. The average molecular weight is 1280 g/mol. The molecule has 0 aliphatic rings. The highest BCUT2D eigenvalue weighted by atomic mass is 31.2. The van der Waals surface area contributed by atoms with Gasteiger partial charge in [-0.1, -0.05) is 304 Å². The minimum atomic E-state index is -4.95. The number of rotatable bonds is 69. The van der Waals surface area contributed by atoms with E-state index in [1.807, 2.05) is 0 Å². The quantitative estimate of drug-likeness (QED) is 0.0222. The minimum absolute atomic E-state index is 0.104. The minimum Gasteiger partial charge on any atom is -0.462 e. The Kier molecular flexibility index (Phi) is 61.4. The molecule has 0 aromatic heterocycles. The molecule has 19 heteroatoms. The second kappa shape index (κ2) is 62.8. The Morgan fingerprint density at radius 2 is 0.460 bits per heavy atom. The molecule has 0 saturated heterocycles. The molecule has 87 heavy (non-hydrogen) atoms. The molecular formula is C68H132O17P2. The SMILES string of the molecule is CCCCCCCCCCCCCCCCCCCC(=O)OC[C@H](COP(=O)(O)OC[C@@H](O)COP(=O)(O)OC[C@@H](COC(=O)CCCCCCC)OC(=O)CCCCCCCCCC)OC(=O)CCCCCCCCCCCCCCCCCCC. The van der Waals surface area contributed by atoms with E-state index in [1.165, 1.54) is 173 Å². The highest BCUT2D eigenvalue weighted by Crippen LogP contribution is 2.45. The fraction of sp³-hybridized carbons (Fsp3) is 0.941. The number of aliphatic hydroxyl groups excluding tert-OH is 1. The largest absolute Gasteiger partial charge is 0.472 e. The molecule has 516 valence electrons. The van der Waals surface area contributed by atoms with Gasteiger partial charge in [0.15, 0.2) is 12.2 Å². The second-order valence-corrected chi connectivity index (χ2v) is 27.5. The average Bonchev–Trinajstić information content (AvgIpc) is 3.53. The van der Waals surface area contributed by atoms with Gasteiger partial charge in [-0.05, 0) is 25.7 Å². The van der Waals surface area contributed by atoms with Crippen molar-refractivity contribution in [2.75, 3.05) is 39.6 Å². The van der Waals surface area contributed by atoms with Crippen LogP contribution in [-0.4, -0.2) is 96.7 Å². The van der Waals surface area contributed by atoms with E-state index in [-0.39, 0.29) is 25.7 Å². The zero-order valence-electron chi connectivity index (χ0n) is 56.0. The Hall–Kier alpha value is -1.94. The molecule has 3 N–H and O–H groups in total. The first-order valence-electron chi connectivity index (χ1n) is 35.8. The summed E-state index contributed by atoms with van der Waals surface area (Å²) >= 11 is 0. The van der Waals surface area contributed by atoms with Crippen molar-refractivity contribution in [3.8, 4) is 0 Å². The number of phosphoric acid groups is 2. The number of ether oxygens (including phenoxy) is 4. The smallest absolute Gasteiger partial charge is 0.462 e. The topological polar surface area (TPSA) is 237 Å². The highest BCUT2D eigenvalue weighted by Gasteiger charge is 2.30. The summed E-state index contributed by atoms with van der Waals surface area (Å²) in [6.45, 7) is 4.82. The van der Waals surface area contributed by atoms with Crippen molar-refractivity contribution in [1.29, 1.82) is 0 Å². The lowest BCUT2D eigenvalue weighted by Gasteiger charge is -2.21. The summed E-state index contributed by atoms with van der Waals surface area (Å²) in [5.74, 6) is -2.14. The van der Waals surface area contributed by atoms with E-state index in [0.717, 1.165) is 103 Å². The highest BCUT2D eigenvalue weighted by molar-refractivity contribution is 7.47. The fourth-order valence-electron chi connectivity index (χ4n) is 10.3. The number of esters is 4. The molecule has 0 spiro atoms. The zero-order valence-corrected chi connectivity index (χ0v) is 57.8. The van der Waals surface area contributed by atoms with Crippen LogP contribution in [0.5, 0.6) is 0 Å². The summed E-state index contributed by atoms with van der Waals surface area (Å²) in [6.07, 6.45) is 50.5. The van der Waals surface area contributed by atoms with Gasteiger partial charge in [-0.3, -0.25) is 37.3 Å². The first-order chi connectivity index (χ1) is 42.2. The van der Waals surface area contributed by atoms with Crippen LogP contribution in [0.4, 0.5) is 0 Å².